The van der Waals surface area contributed by atoms with E-state index in [1.807, 2.05) is 12.1 Å². The maximum absolute atomic E-state index is 12.1. The lowest BCUT2D eigenvalue weighted by atomic mass is 10.1. The van der Waals surface area contributed by atoms with E-state index in [0.717, 1.165) is 25.0 Å². The normalized spacial score (nSPS) is 12.2. The van der Waals surface area contributed by atoms with E-state index in [1.54, 1.807) is 19.2 Å². The van der Waals surface area contributed by atoms with Gasteiger partial charge in [-0.3, -0.25) is 4.99 Å². The molecule has 6 nitrogen and oxygen atoms in total. The monoisotopic (exact) mass is 419 g/mol. The van der Waals surface area contributed by atoms with Crippen LogP contribution in [0.3, 0.4) is 0 Å². The van der Waals surface area contributed by atoms with Gasteiger partial charge in [0, 0.05) is 26.7 Å². The van der Waals surface area contributed by atoms with Crippen molar-refractivity contribution >= 4 is 5.96 Å². The first-order valence-corrected chi connectivity index (χ1v) is 9.77. The summed E-state index contributed by atoms with van der Waals surface area (Å²) in [6.45, 7) is 4.45. The highest BCUT2D eigenvalue weighted by Gasteiger charge is 2.27. The van der Waals surface area contributed by atoms with Crippen LogP contribution in [0.4, 0.5) is 13.2 Å². The molecule has 9 heteroatoms. The zero-order chi connectivity index (χ0) is 21.4. The standard InChI is InChI=1S/C20H32F3N3O3/c1-3-4-10-27-12-13-28-11-9-25-19(24-2)26-14-17-5-7-18(8-6-17)15-29-16-20(21,22)23/h5-8H,3-4,9-16H2,1-2H3,(H2,24,25,26). The smallest absolute Gasteiger partial charge is 0.379 e. The van der Waals surface area contributed by atoms with Gasteiger partial charge in [-0.2, -0.15) is 13.2 Å². The van der Waals surface area contributed by atoms with Gasteiger partial charge in [-0.05, 0) is 17.5 Å². The van der Waals surface area contributed by atoms with Crippen molar-refractivity contribution in [2.75, 3.05) is 46.6 Å². The van der Waals surface area contributed by atoms with Gasteiger partial charge >= 0.3 is 6.18 Å². The zero-order valence-corrected chi connectivity index (χ0v) is 17.2. The molecule has 0 fully saturated rings. The molecule has 0 radical (unpaired) electrons. The fourth-order valence-corrected chi connectivity index (χ4v) is 2.25. The Labute approximate surface area is 170 Å². The van der Waals surface area contributed by atoms with E-state index in [4.69, 9.17) is 9.47 Å². The molecule has 0 spiro atoms. The zero-order valence-electron chi connectivity index (χ0n) is 17.2. The van der Waals surface area contributed by atoms with Crippen LogP contribution in [0.15, 0.2) is 29.3 Å². The lowest BCUT2D eigenvalue weighted by molar-refractivity contribution is -0.176. The molecule has 0 amide bonds. The number of aliphatic imine (C=N–C) groups is 1. The summed E-state index contributed by atoms with van der Waals surface area (Å²) < 4.78 is 51.8. The van der Waals surface area contributed by atoms with Crippen LogP contribution in [-0.4, -0.2) is 58.8 Å². The molecule has 0 heterocycles. The quantitative estimate of drug-likeness (QED) is 0.275. The van der Waals surface area contributed by atoms with Crippen LogP contribution in [0.2, 0.25) is 0 Å². The van der Waals surface area contributed by atoms with E-state index >= 15 is 0 Å². The maximum atomic E-state index is 12.1. The van der Waals surface area contributed by atoms with Crippen LogP contribution in [-0.2, 0) is 27.4 Å². The van der Waals surface area contributed by atoms with Gasteiger partial charge in [0.25, 0.3) is 0 Å². The predicted octanol–water partition coefficient (Wildman–Crippen LogP) is 3.26. The SMILES string of the molecule is CCCCOCCOCCNC(=NC)NCc1ccc(COCC(F)(F)F)cc1. The van der Waals surface area contributed by atoms with Crippen molar-refractivity contribution in [2.45, 2.75) is 39.1 Å². The third kappa shape index (κ3) is 13.9. The Hall–Kier alpha value is -1.84. The van der Waals surface area contributed by atoms with E-state index in [0.29, 0.717) is 44.4 Å². The van der Waals surface area contributed by atoms with Gasteiger partial charge in [-0.25, -0.2) is 0 Å². The molecule has 1 rings (SSSR count). The number of benzene rings is 1. The number of ether oxygens (including phenoxy) is 3. The van der Waals surface area contributed by atoms with E-state index < -0.39 is 12.8 Å². The summed E-state index contributed by atoms with van der Waals surface area (Å²) in [6.07, 6.45) is -2.12. The number of hydrogen-bond donors (Lipinski definition) is 2. The van der Waals surface area contributed by atoms with Crippen molar-refractivity contribution in [1.29, 1.82) is 0 Å². The number of hydrogen-bond acceptors (Lipinski definition) is 4. The molecule has 0 unspecified atom stereocenters. The number of rotatable bonds is 14. The van der Waals surface area contributed by atoms with Crippen LogP contribution >= 0.6 is 0 Å². The van der Waals surface area contributed by atoms with Crippen molar-refractivity contribution in [3.63, 3.8) is 0 Å². The second kappa shape index (κ2) is 15.1. The first kappa shape index (κ1) is 25.2. The first-order valence-electron chi connectivity index (χ1n) is 9.77. The van der Waals surface area contributed by atoms with E-state index in [1.165, 1.54) is 0 Å². The third-order valence-electron chi connectivity index (χ3n) is 3.79. The highest BCUT2D eigenvalue weighted by molar-refractivity contribution is 5.79. The molecule has 0 atom stereocenters. The molecular formula is C20H32F3N3O3. The van der Waals surface area contributed by atoms with Gasteiger partial charge in [0.05, 0.1) is 26.4 Å². The number of nitrogens with zero attached hydrogens (tertiary/aromatic N) is 1. The largest absolute Gasteiger partial charge is 0.411 e. The topological polar surface area (TPSA) is 64.1 Å². The van der Waals surface area contributed by atoms with Gasteiger partial charge in [-0.1, -0.05) is 37.6 Å². The summed E-state index contributed by atoms with van der Waals surface area (Å²) >= 11 is 0. The van der Waals surface area contributed by atoms with Crippen LogP contribution < -0.4 is 10.6 Å². The number of halogens is 3. The molecule has 0 saturated heterocycles. The predicted molar refractivity (Wildman–Crippen MR) is 107 cm³/mol. The molecular weight excluding hydrogens is 387 g/mol. The third-order valence-corrected chi connectivity index (χ3v) is 3.79. The Morgan fingerprint density at radius 2 is 1.59 bits per heavy atom. The molecule has 0 aromatic heterocycles. The Bertz CT molecular complexity index is 566. The number of nitrogens with one attached hydrogen (secondary N) is 2. The van der Waals surface area contributed by atoms with Gasteiger partial charge in [0.1, 0.15) is 6.61 Å². The van der Waals surface area contributed by atoms with E-state index in [-0.39, 0.29) is 6.61 Å². The summed E-state index contributed by atoms with van der Waals surface area (Å²) in [5.74, 6) is 0.644. The molecule has 0 saturated carbocycles. The number of guanidine groups is 1. The Morgan fingerprint density at radius 1 is 0.931 bits per heavy atom. The Balaban J connectivity index is 2.16. The van der Waals surface area contributed by atoms with Crippen molar-refractivity contribution < 1.29 is 27.4 Å². The fraction of sp³-hybridized carbons (Fsp3) is 0.650. The van der Waals surface area contributed by atoms with Gasteiger partial charge in [0.2, 0.25) is 0 Å². The molecule has 0 aliphatic rings. The summed E-state index contributed by atoms with van der Waals surface area (Å²) in [7, 11) is 1.68. The molecule has 1 aromatic rings. The fourth-order valence-electron chi connectivity index (χ4n) is 2.25. The number of alkyl halides is 3. The van der Waals surface area contributed by atoms with E-state index in [2.05, 4.69) is 27.3 Å². The minimum absolute atomic E-state index is 0.0694. The first-order chi connectivity index (χ1) is 13.9. The molecule has 1 aromatic carbocycles. The van der Waals surface area contributed by atoms with Crippen LogP contribution in [0.25, 0.3) is 0 Å². The minimum atomic E-state index is -4.31. The average Bonchev–Trinajstić information content (AvgIpc) is 2.69. The molecule has 2 N–H and O–H groups in total. The van der Waals surface area contributed by atoms with Gasteiger partial charge in [0.15, 0.2) is 5.96 Å². The molecule has 166 valence electrons. The molecule has 29 heavy (non-hydrogen) atoms. The Morgan fingerprint density at radius 3 is 2.21 bits per heavy atom. The summed E-state index contributed by atoms with van der Waals surface area (Å²) in [5, 5.41) is 6.32. The summed E-state index contributed by atoms with van der Waals surface area (Å²) in [5.41, 5.74) is 1.67. The minimum Gasteiger partial charge on any atom is -0.379 e. The maximum Gasteiger partial charge on any atom is 0.411 e. The van der Waals surface area contributed by atoms with Crippen LogP contribution in [0.1, 0.15) is 30.9 Å². The van der Waals surface area contributed by atoms with Crippen LogP contribution in [0, 0.1) is 0 Å². The summed E-state index contributed by atoms with van der Waals surface area (Å²) in [4.78, 5) is 4.14. The lowest BCUT2D eigenvalue weighted by Crippen LogP contribution is -2.38. The van der Waals surface area contributed by atoms with Crippen molar-refractivity contribution in [1.82, 2.24) is 10.6 Å². The number of unbranched alkanes of at least 4 members (excludes halogenated alkanes) is 1. The van der Waals surface area contributed by atoms with E-state index in [9.17, 15) is 13.2 Å². The van der Waals surface area contributed by atoms with Crippen molar-refractivity contribution in [3.05, 3.63) is 35.4 Å². The molecule has 0 bridgehead atoms. The lowest BCUT2D eigenvalue weighted by Gasteiger charge is -2.13. The Kier molecular flexibility index (Phi) is 13.1. The van der Waals surface area contributed by atoms with Crippen molar-refractivity contribution in [3.8, 4) is 0 Å². The highest BCUT2D eigenvalue weighted by atomic mass is 19.4. The average molecular weight is 419 g/mol. The van der Waals surface area contributed by atoms with Gasteiger partial charge in [-0.15, -0.1) is 0 Å². The highest BCUT2D eigenvalue weighted by Crippen LogP contribution is 2.15. The molecule has 0 aliphatic carbocycles. The second-order valence-electron chi connectivity index (χ2n) is 6.36. The summed E-state index contributed by atoms with van der Waals surface area (Å²) in [6, 6.07) is 7.18. The molecule has 0 aliphatic heterocycles. The van der Waals surface area contributed by atoms with Crippen LogP contribution in [0.5, 0.6) is 0 Å². The van der Waals surface area contributed by atoms with Crippen molar-refractivity contribution in [2.24, 2.45) is 4.99 Å². The van der Waals surface area contributed by atoms with Gasteiger partial charge < -0.3 is 24.8 Å². The second-order valence-corrected chi connectivity index (χ2v) is 6.36.